The van der Waals surface area contributed by atoms with Crippen LogP contribution in [0.2, 0.25) is 0 Å². The molecule has 0 aliphatic carbocycles. The largest absolute Gasteiger partial charge is 0.309 e. The van der Waals surface area contributed by atoms with Gasteiger partial charge in [0.2, 0.25) is 0 Å². The van der Waals surface area contributed by atoms with E-state index in [0.717, 1.165) is 11.1 Å². The maximum absolute atomic E-state index is 11.2. The second kappa shape index (κ2) is 5.48. The van der Waals surface area contributed by atoms with Crippen molar-refractivity contribution in [2.45, 2.75) is 19.4 Å². The van der Waals surface area contributed by atoms with Crippen LogP contribution in [-0.4, -0.2) is 24.2 Å². The summed E-state index contributed by atoms with van der Waals surface area (Å²) in [6.07, 6.45) is 0.565. The molecule has 0 spiro atoms. The summed E-state index contributed by atoms with van der Waals surface area (Å²) >= 11 is 0. The zero-order valence-corrected chi connectivity index (χ0v) is 8.95. The third-order valence-corrected chi connectivity index (χ3v) is 2.46. The minimum atomic E-state index is -0.416. The molecule has 1 atom stereocenters. The van der Waals surface area contributed by atoms with Gasteiger partial charge >= 0.3 is 0 Å². The Kier molecular flexibility index (Phi) is 4.27. The summed E-state index contributed by atoms with van der Waals surface area (Å²) in [6.45, 7) is 2.00. The summed E-state index contributed by atoms with van der Waals surface area (Å²) in [4.78, 5) is 11.2. The lowest BCUT2D eigenvalue weighted by Gasteiger charge is -2.14. The summed E-state index contributed by atoms with van der Waals surface area (Å²) in [6, 6.07) is 7.46. The molecular weight excluding hydrogens is 192 g/mol. The highest BCUT2D eigenvalue weighted by molar-refractivity contribution is 5.80. The van der Waals surface area contributed by atoms with E-state index in [0.29, 0.717) is 6.42 Å². The van der Waals surface area contributed by atoms with Gasteiger partial charge in [0.15, 0.2) is 0 Å². The number of likely N-dealkylation sites (N-methyl/N-ethyl adjacent to an activating group) is 1. The van der Waals surface area contributed by atoms with Crippen molar-refractivity contribution in [3.63, 3.8) is 0 Å². The van der Waals surface area contributed by atoms with Crippen LogP contribution in [0.4, 0.5) is 0 Å². The van der Waals surface area contributed by atoms with Gasteiger partial charge in [0.25, 0.3) is 5.91 Å². The molecule has 0 saturated heterocycles. The fourth-order valence-electron chi connectivity index (χ4n) is 1.46. The smallest absolute Gasteiger partial charge is 0.260 e. The van der Waals surface area contributed by atoms with Crippen LogP contribution in [-0.2, 0) is 11.2 Å². The molecule has 3 N–H and O–H groups in total. The standard InChI is InChI=1S/C11H16N2O2/c1-8-5-3-4-6-9(8)7-10(12-2)11(14)13-15/h3-6,10,12,15H,7H2,1-2H3,(H,13,14)/t10-/m0/s1. The van der Waals surface area contributed by atoms with E-state index in [4.69, 9.17) is 5.21 Å². The van der Waals surface area contributed by atoms with Gasteiger partial charge in [-0.3, -0.25) is 10.0 Å². The van der Waals surface area contributed by atoms with Crippen molar-refractivity contribution in [3.8, 4) is 0 Å². The molecule has 0 radical (unpaired) electrons. The molecule has 1 rings (SSSR count). The van der Waals surface area contributed by atoms with Gasteiger partial charge in [-0.2, -0.15) is 0 Å². The molecule has 1 amide bonds. The number of carbonyl (C=O) groups excluding carboxylic acids is 1. The fraction of sp³-hybridized carbons (Fsp3) is 0.364. The lowest BCUT2D eigenvalue weighted by atomic mass is 10.0. The number of amides is 1. The summed E-state index contributed by atoms with van der Waals surface area (Å²) in [7, 11) is 1.69. The van der Waals surface area contributed by atoms with Crippen LogP contribution < -0.4 is 10.8 Å². The number of hydrogen-bond acceptors (Lipinski definition) is 3. The van der Waals surface area contributed by atoms with E-state index in [1.807, 2.05) is 31.2 Å². The number of nitrogens with one attached hydrogen (secondary N) is 2. The minimum absolute atomic E-state index is 0.406. The zero-order chi connectivity index (χ0) is 11.3. The Bertz CT molecular complexity index is 339. The first-order chi connectivity index (χ1) is 7.19. The summed E-state index contributed by atoms with van der Waals surface area (Å²) in [5.74, 6) is -0.416. The van der Waals surface area contributed by atoms with E-state index in [-0.39, 0.29) is 0 Å². The van der Waals surface area contributed by atoms with Gasteiger partial charge < -0.3 is 5.32 Å². The molecule has 0 aromatic heterocycles. The van der Waals surface area contributed by atoms with Crippen molar-refractivity contribution in [1.82, 2.24) is 10.8 Å². The first kappa shape index (κ1) is 11.7. The molecule has 0 saturated carbocycles. The number of carbonyl (C=O) groups is 1. The van der Waals surface area contributed by atoms with Crippen molar-refractivity contribution >= 4 is 5.91 Å². The quantitative estimate of drug-likeness (QED) is 0.502. The molecule has 0 bridgehead atoms. The normalized spacial score (nSPS) is 12.2. The van der Waals surface area contributed by atoms with E-state index in [1.54, 1.807) is 12.5 Å². The summed E-state index contributed by atoms with van der Waals surface area (Å²) < 4.78 is 0. The Balaban J connectivity index is 2.75. The molecule has 82 valence electrons. The van der Waals surface area contributed by atoms with Crippen LogP contribution in [0.5, 0.6) is 0 Å². The molecule has 0 fully saturated rings. The van der Waals surface area contributed by atoms with Gasteiger partial charge in [0, 0.05) is 0 Å². The average Bonchev–Trinajstić information content (AvgIpc) is 2.27. The maximum Gasteiger partial charge on any atom is 0.260 e. The molecule has 0 aliphatic rings. The van der Waals surface area contributed by atoms with Crippen LogP contribution in [0.15, 0.2) is 24.3 Å². The van der Waals surface area contributed by atoms with E-state index in [1.165, 1.54) is 0 Å². The molecule has 0 heterocycles. The molecule has 0 aliphatic heterocycles. The van der Waals surface area contributed by atoms with E-state index in [2.05, 4.69) is 5.32 Å². The third kappa shape index (κ3) is 3.04. The number of hydroxylamine groups is 1. The van der Waals surface area contributed by atoms with Gasteiger partial charge in [-0.1, -0.05) is 24.3 Å². The van der Waals surface area contributed by atoms with Crippen molar-refractivity contribution in [2.75, 3.05) is 7.05 Å². The van der Waals surface area contributed by atoms with Gasteiger partial charge in [0.05, 0.1) is 6.04 Å². The van der Waals surface area contributed by atoms with Gasteiger partial charge in [-0.25, -0.2) is 5.48 Å². The van der Waals surface area contributed by atoms with Gasteiger partial charge in [-0.05, 0) is 31.5 Å². The first-order valence-electron chi connectivity index (χ1n) is 4.84. The Morgan fingerprint density at radius 2 is 2.13 bits per heavy atom. The predicted octanol–water partition coefficient (Wildman–Crippen LogP) is 0.631. The van der Waals surface area contributed by atoms with Crippen LogP contribution >= 0.6 is 0 Å². The Hall–Kier alpha value is -1.39. The van der Waals surface area contributed by atoms with Gasteiger partial charge in [-0.15, -0.1) is 0 Å². The van der Waals surface area contributed by atoms with Crippen LogP contribution in [0, 0.1) is 6.92 Å². The molecule has 4 heteroatoms. The Morgan fingerprint density at radius 1 is 1.47 bits per heavy atom. The number of rotatable bonds is 4. The molecule has 1 aromatic carbocycles. The van der Waals surface area contributed by atoms with Crippen LogP contribution in [0.3, 0.4) is 0 Å². The molecule has 4 nitrogen and oxygen atoms in total. The topological polar surface area (TPSA) is 61.4 Å². The first-order valence-corrected chi connectivity index (χ1v) is 4.84. The molecule has 0 unspecified atom stereocenters. The lowest BCUT2D eigenvalue weighted by Crippen LogP contribution is -2.42. The molecule has 15 heavy (non-hydrogen) atoms. The maximum atomic E-state index is 11.2. The van der Waals surface area contributed by atoms with Crippen molar-refractivity contribution < 1.29 is 10.0 Å². The van der Waals surface area contributed by atoms with Crippen molar-refractivity contribution in [3.05, 3.63) is 35.4 Å². The Morgan fingerprint density at radius 3 is 2.67 bits per heavy atom. The SMILES string of the molecule is CN[C@@H](Cc1ccccc1C)C(=O)NO. The summed E-state index contributed by atoms with van der Waals surface area (Å²) in [5, 5.41) is 11.4. The number of aryl methyl sites for hydroxylation is 1. The number of hydrogen-bond donors (Lipinski definition) is 3. The highest BCUT2D eigenvalue weighted by atomic mass is 16.5. The van der Waals surface area contributed by atoms with Crippen LogP contribution in [0.25, 0.3) is 0 Å². The zero-order valence-electron chi connectivity index (χ0n) is 8.95. The van der Waals surface area contributed by atoms with Gasteiger partial charge in [0.1, 0.15) is 0 Å². The Labute approximate surface area is 89.3 Å². The second-order valence-corrected chi connectivity index (χ2v) is 3.45. The molecular formula is C11H16N2O2. The van der Waals surface area contributed by atoms with E-state index >= 15 is 0 Å². The minimum Gasteiger partial charge on any atom is -0.309 e. The highest BCUT2D eigenvalue weighted by Crippen LogP contribution is 2.09. The summed E-state index contributed by atoms with van der Waals surface area (Å²) in [5.41, 5.74) is 3.89. The third-order valence-electron chi connectivity index (χ3n) is 2.46. The second-order valence-electron chi connectivity index (χ2n) is 3.45. The monoisotopic (exact) mass is 208 g/mol. The molecule has 1 aromatic rings. The van der Waals surface area contributed by atoms with Crippen molar-refractivity contribution in [1.29, 1.82) is 0 Å². The fourth-order valence-corrected chi connectivity index (χ4v) is 1.46. The van der Waals surface area contributed by atoms with E-state index < -0.39 is 11.9 Å². The highest BCUT2D eigenvalue weighted by Gasteiger charge is 2.16. The van der Waals surface area contributed by atoms with E-state index in [9.17, 15) is 4.79 Å². The van der Waals surface area contributed by atoms with Crippen molar-refractivity contribution in [2.24, 2.45) is 0 Å². The average molecular weight is 208 g/mol. The number of benzene rings is 1. The lowest BCUT2D eigenvalue weighted by molar-refractivity contribution is -0.131. The predicted molar refractivity (Wildman–Crippen MR) is 57.7 cm³/mol. The van der Waals surface area contributed by atoms with Crippen LogP contribution in [0.1, 0.15) is 11.1 Å².